The fourth-order valence-electron chi connectivity index (χ4n) is 3.14. The van der Waals surface area contributed by atoms with Gasteiger partial charge in [0.1, 0.15) is 17.2 Å². The van der Waals surface area contributed by atoms with Crippen LogP contribution in [0, 0.1) is 0 Å². The predicted molar refractivity (Wildman–Crippen MR) is 131 cm³/mol. The normalized spacial score (nSPS) is 13.0. The summed E-state index contributed by atoms with van der Waals surface area (Å²) in [6.07, 6.45) is 2.43. The van der Waals surface area contributed by atoms with Gasteiger partial charge in [-0.05, 0) is 52.2 Å². The van der Waals surface area contributed by atoms with E-state index < -0.39 is 19.2 Å². The molecule has 0 aromatic carbocycles. The summed E-state index contributed by atoms with van der Waals surface area (Å²) in [6, 6.07) is 3.12. The molecule has 2 heterocycles. The number of ether oxygens (including phenoxy) is 1. The molecule has 0 bridgehead atoms. The number of nitrogens with one attached hydrogen (secondary N) is 1. The second-order valence-corrected chi connectivity index (χ2v) is 9.68. The lowest BCUT2D eigenvalue weighted by Gasteiger charge is -2.24. The van der Waals surface area contributed by atoms with Crippen LogP contribution in [0.5, 0.6) is 0 Å². The number of aryl methyl sites for hydroxylation is 1. The largest absolute Gasteiger partial charge is 0.762 e. The second kappa shape index (κ2) is 12.0. The fourth-order valence-corrected chi connectivity index (χ4v) is 4.17. The van der Waals surface area contributed by atoms with Crippen LogP contribution in [-0.2, 0) is 16.0 Å². The fraction of sp³-hybridized carbons (Fsp3) is 0.409. The van der Waals surface area contributed by atoms with Gasteiger partial charge in [-0.1, -0.05) is 11.3 Å². The van der Waals surface area contributed by atoms with Gasteiger partial charge in [-0.25, -0.2) is 14.8 Å². The Bertz CT molecular complexity index is 1150. The van der Waals surface area contributed by atoms with Crippen molar-refractivity contribution in [1.29, 1.82) is 0 Å². The Morgan fingerprint density at radius 1 is 1.19 bits per heavy atom. The number of allylic oxidation sites excluding steroid dienone is 1. The zero-order chi connectivity index (χ0) is 27.2. The molecule has 9 nitrogen and oxygen atoms in total. The van der Waals surface area contributed by atoms with E-state index in [1.807, 2.05) is 0 Å². The van der Waals surface area contributed by atoms with Crippen molar-refractivity contribution in [2.45, 2.75) is 52.6 Å². The highest BCUT2D eigenvalue weighted by atomic mass is 32.1. The minimum atomic E-state index is -3.67. The maximum atomic E-state index is 13.1. The van der Waals surface area contributed by atoms with Gasteiger partial charge >= 0.3 is 13.6 Å². The van der Waals surface area contributed by atoms with Gasteiger partial charge in [-0.2, -0.15) is 0 Å². The van der Waals surface area contributed by atoms with E-state index in [0.29, 0.717) is 46.3 Å². The molecule has 0 atom stereocenters. The molecule has 3 rings (SSSR count). The van der Waals surface area contributed by atoms with Gasteiger partial charge in [0.15, 0.2) is 10.9 Å². The summed E-state index contributed by atoms with van der Waals surface area (Å²) in [4.78, 5) is 47.0. The number of pyridine rings is 1. The quantitative estimate of drug-likeness (QED) is 0.413. The van der Waals surface area contributed by atoms with Gasteiger partial charge in [0.2, 0.25) is 5.91 Å². The van der Waals surface area contributed by atoms with Gasteiger partial charge < -0.3 is 15.2 Å². The number of carbonyl (C=O) groups excluding carboxylic acids is 3. The van der Waals surface area contributed by atoms with Gasteiger partial charge in [0, 0.05) is 31.3 Å². The van der Waals surface area contributed by atoms with Crippen LogP contribution in [0.3, 0.4) is 0 Å². The number of hydrogen-bond acceptors (Lipinski definition) is 8. The van der Waals surface area contributed by atoms with E-state index >= 15 is 0 Å². The van der Waals surface area contributed by atoms with Crippen LogP contribution in [0.25, 0.3) is 5.76 Å². The van der Waals surface area contributed by atoms with Gasteiger partial charge in [-0.3, -0.25) is 27.4 Å². The van der Waals surface area contributed by atoms with Crippen LogP contribution in [0.1, 0.15) is 61.5 Å². The van der Waals surface area contributed by atoms with Crippen LogP contribution in [-0.4, -0.2) is 53.1 Å². The lowest BCUT2D eigenvalue weighted by Crippen LogP contribution is -2.34. The number of Topliss-reactive ketones (excluding diaryl/α,β-unsaturated/α-hetero) is 1. The molecule has 2 aromatic rings. The highest BCUT2D eigenvalue weighted by molar-refractivity contribution is 7.16. The number of aliphatic hydroxyl groups is 1. The van der Waals surface area contributed by atoms with Crippen molar-refractivity contribution in [3.63, 3.8) is 0 Å². The number of thiazole rings is 1. The van der Waals surface area contributed by atoms with E-state index in [9.17, 15) is 32.4 Å². The number of hydrogen-bond donors (Lipinski definition) is 2. The number of halogens is 3. The highest BCUT2D eigenvalue weighted by Gasteiger charge is 2.27. The Morgan fingerprint density at radius 3 is 2.36 bits per heavy atom. The number of aromatic nitrogens is 2. The molecular weight excluding hydrogens is 500 g/mol. The minimum Gasteiger partial charge on any atom is -0.506 e. The van der Waals surface area contributed by atoms with E-state index in [4.69, 9.17) is 4.74 Å². The van der Waals surface area contributed by atoms with Crippen LogP contribution in [0.2, 0.25) is 0 Å². The first-order valence-electron chi connectivity index (χ1n) is 10.8. The number of nitrogens with zero attached hydrogens (tertiary/aromatic N) is 3. The number of rotatable bonds is 4. The Kier molecular flexibility index (Phi) is 9.62. The minimum absolute atomic E-state index is 0.119. The number of ketones is 1. The first kappa shape index (κ1) is 28.8. The predicted octanol–water partition coefficient (Wildman–Crippen LogP) is 5.24. The number of anilines is 2. The average Bonchev–Trinajstić information content (AvgIpc) is 3.09. The Labute approximate surface area is 210 Å². The first-order valence-corrected chi connectivity index (χ1v) is 11.6. The maximum absolute atomic E-state index is 13.1. The standard InChI is InChI=1S/C22H26N4O5S.BF3/c1-12(27)24-20-25-15-8-6-7-14(18(29)19(15)32-20)17(28)13-9-10-16(23-11-13)26(5)21(30)31-22(2,3)4;2-1(3)4/h9-11,29H,6-8H2,1-5H3,(H,24,25,27);. The van der Waals surface area contributed by atoms with Crippen molar-refractivity contribution < 1.29 is 37.2 Å². The molecule has 36 heavy (non-hydrogen) atoms. The molecule has 1 aliphatic rings. The van der Waals surface area contributed by atoms with Crippen LogP contribution in [0.4, 0.5) is 28.7 Å². The molecule has 0 unspecified atom stereocenters. The van der Waals surface area contributed by atoms with Crippen molar-refractivity contribution in [1.82, 2.24) is 9.97 Å². The molecule has 0 aliphatic heterocycles. The summed E-state index contributed by atoms with van der Waals surface area (Å²) in [6.45, 7) is 6.70. The zero-order valence-electron chi connectivity index (χ0n) is 20.4. The summed E-state index contributed by atoms with van der Waals surface area (Å²) >= 11 is 1.14. The molecule has 0 fully saturated rings. The van der Waals surface area contributed by atoms with Crippen molar-refractivity contribution in [2.75, 3.05) is 17.3 Å². The zero-order valence-corrected chi connectivity index (χ0v) is 21.2. The maximum Gasteiger partial charge on any atom is 0.762 e. The van der Waals surface area contributed by atoms with Gasteiger partial charge in [0.05, 0.1) is 10.6 Å². The van der Waals surface area contributed by atoms with Crippen molar-refractivity contribution >= 4 is 53.4 Å². The molecule has 0 spiro atoms. The smallest absolute Gasteiger partial charge is 0.506 e. The molecule has 2 amide bonds. The summed E-state index contributed by atoms with van der Waals surface area (Å²) < 4.78 is 34.3. The molecule has 0 saturated carbocycles. The molecule has 1 aliphatic carbocycles. The Morgan fingerprint density at radius 2 is 1.83 bits per heavy atom. The van der Waals surface area contributed by atoms with Crippen LogP contribution >= 0.6 is 11.3 Å². The third kappa shape index (κ3) is 8.07. The lowest BCUT2D eigenvalue weighted by atomic mass is 10.00. The Balaban J connectivity index is 0.00000106. The van der Waals surface area contributed by atoms with Gasteiger partial charge in [-0.15, -0.1) is 0 Å². The SMILES string of the molecule is CC(=O)Nc1nc2c(s1)C(O)=C(C(=O)c1ccc(N(C)C(=O)OC(C)(C)C)nc1)CCC2.FB(F)F. The third-order valence-electron chi connectivity index (χ3n) is 4.62. The molecule has 0 saturated heterocycles. The first-order chi connectivity index (χ1) is 16.7. The molecule has 14 heteroatoms. The summed E-state index contributed by atoms with van der Waals surface area (Å²) in [7, 11) is -2.13. The summed E-state index contributed by atoms with van der Waals surface area (Å²) in [5, 5.41) is 13.8. The average molecular weight is 526 g/mol. The molecule has 2 N–H and O–H groups in total. The number of amides is 2. The summed E-state index contributed by atoms with van der Waals surface area (Å²) in [5.74, 6) is -0.383. The van der Waals surface area contributed by atoms with Crippen molar-refractivity contribution in [3.8, 4) is 0 Å². The van der Waals surface area contributed by atoms with E-state index in [-0.39, 0.29) is 23.0 Å². The van der Waals surface area contributed by atoms with Crippen molar-refractivity contribution in [2.24, 2.45) is 0 Å². The van der Waals surface area contributed by atoms with Gasteiger partial charge in [0.25, 0.3) is 0 Å². The molecule has 194 valence electrons. The lowest BCUT2D eigenvalue weighted by molar-refractivity contribution is -0.114. The number of aliphatic hydroxyl groups excluding tert-OH is 1. The molecule has 2 aromatic heterocycles. The number of fused-ring (bicyclic) bond motifs is 1. The Hall–Kier alpha value is -3.42. The van der Waals surface area contributed by atoms with E-state index in [1.54, 1.807) is 32.9 Å². The van der Waals surface area contributed by atoms with E-state index in [0.717, 1.165) is 11.3 Å². The van der Waals surface area contributed by atoms with Crippen molar-refractivity contribution in [3.05, 3.63) is 40.0 Å². The van der Waals surface area contributed by atoms with E-state index in [1.165, 1.54) is 25.1 Å². The van der Waals surface area contributed by atoms with E-state index in [2.05, 4.69) is 15.3 Å². The third-order valence-corrected chi connectivity index (χ3v) is 5.64. The topological polar surface area (TPSA) is 122 Å². The molecule has 0 radical (unpaired) electrons. The van der Waals surface area contributed by atoms with Crippen LogP contribution in [0.15, 0.2) is 23.9 Å². The highest BCUT2D eigenvalue weighted by Crippen LogP contribution is 2.36. The monoisotopic (exact) mass is 526 g/mol. The summed E-state index contributed by atoms with van der Waals surface area (Å²) in [5.41, 5.74) is 0.589. The number of carbonyl (C=O) groups is 3. The second-order valence-electron chi connectivity index (χ2n) is 8.68. The molecular formula is C22H26BF3N4O5S. The van der Waals surface area contributed by atoms with Crippen LogP contribution < -0.4 is 10.2 Å².